The van der Waals surface area contributed by atoms with E-state index in [1.165, 1.54) is 23.1 Å². The number of anilines is 1. The second kappa shape index (κ2) is 13.1. The summed E-state index contributed by atoms with van der Waals surface area (Å²) in [4.78, 5) is 28.5. The summed E-state index contributed by atoms with van der Waals surface area (Å²) in [6.07, 6.45) is 0.738. The number of benzene rings is 3. The third-order valence-corrected chi connectivity index (χ3v) is 8.89. The monoisotopic (exact) mass is 569 g/mol. The maximum absolute atomic E-state index is 13.9. The van der Waals surface area contributed by atoms with Gasteiger partial charge in [-0.2, -0.15) is 0 Å². The van der Waals surface area contributed by atoms with E-state index in [1.54, 1.807) is 31.2 Å². The SMILES string of the molecule is CC[C@@H](C)NC(=O)[C@H](C)N(Cc1ccccc1)C(=O)CN(c1ccc(C)c(Cl)c1)S(=O)(=O)c1ccc(C)cc1. The first-order valence-electron chi connectivity index (χ1n) is 12.9. The van der Waals surface area contributed by atoms with Crippen LogP contribution in [0.1, 0.15) is 43.9 Å². The molecule has 0 aliphatic carbocycles. The Balaban J connectivity index is 2.04. The molecule has 0 bridgehead atoms. The average molecular weight is 570 g/mol. The lowest BCUT2D eigenvalue weighted by Crippen LogP contribution is -2.52. The third-order valence-electron chi connectivity index (χ3n) is 6.70. The van der Waals surface area contributed by atoms with Crippen LogP contribution in [0, 0.1) is 13.8 Å². The molecule has 3 rings (SSSR count). The second-order valence-corrected chi connectivity index (χ2v) is 12.0. The first kappa shape index (κ1) is 30.2. The van der Waals surface area contributed by atoms with Gasteiger partial charge in [0.25, 0.3) is 10.0 Å². The first-order valence-corrected chi connectivity index (χ1v) is 14.7. The van der Waals surface area contributed by atoms with E-state index in [1.807, 2.05) is 58.0 Å². The highest BCUT2D eigenvalue weighted by atomic mass is 35.5. The molecule has 2 amide bonds. The molecular weight excluding hydrogens is 534 g/mol. The number of aryl methyl sites for hydroxylation is 2. The van der Waals surface area contributed by atoms with E-state index in [0.717, 1.165) is 27.4 Å². The van der Waals surface area contributed by atoms with Crippen molar-refractivity contribution in [3.8, 4) is 0 Å². The molecule has 1 N–H and O–H groups in total. The highest BCUT2D eigenvalue weighted by Gasteiger charge is 2.33. The zero-order valence-electron chi connectivity index (χ0n) is 23.0. The highest BCUT2D eigenvalue weighted by molar-refractivity contribution is 7.92. The number of hydrogen-bond acceptors (Lipinski definition) is 4. The summed E-state index contributed by atoms with van der Waals surface area (Å²) >= 11 is 6.37. The Morgan fingerprint density at radius 2 is 1.59 bits per heavy atom. The molecule has 0 saturated carbocycles. The predicted molar refractivity (Wildman–Crippen MR) is 156 cm³/mol. The molecule has 208 valence electrons. The fraction of sp³-hybridized carbons (Fsp3) is 0.333. The van der Waals surface area contributed by atoms with Gasteiger partial charge in [0.15, 0.2) is 0 Å². The van der Waals surface area contributed by atoms with Crippen LogP contribution in [0.5, 0.6) is 0 Å². The van der Waals surface area contributed by atoms with E-state index in [-0.39, 0.29) is 29.1 Å². The number of hydrogen-bond donors (Lipinski definition) is 1. The number of amides is 2. The van der Waals surface area contributed by atoms with E-state index in [9.17, 15) is 18.0 Å². The standard InChI is InChI=1S/C30H36ClN3O4S/c1-6-23(4)32-30(36)24(5)33(19-25-10-8-7-9-11-25)29(35)20-34(26-15-14-22(3)28(31)18-26)39(37,38)27-16-12-21(2)13-17-27/h7-18,23-24H,6,19-20H2,1-5H3,(H,32,36)/t23-,24+/m1/s1. The van der Waals surface area contributed by atoms with Crippen LogP contribution in [0.3, 0.4) is 0 Å². The lowest BCUT2D eigenvalue weighted by atomic mass is 10.1. The van der Waals surface area contributed by atoms with Crippen LogP contribution >= 0.6 is 11.6 Å². The van der Waals surface area contributed by atoms with Gasteiger partial charge in [0.05, 0.1) is 10.6 Å². The molecule has 39 heavy (non-hydrogen) atoms. The molecule has 0 unspecified atom stereocenters. The van der Waals surface area contributed by atoms with Gasteiger partial charge in [-0.15, -0.1) is 0 Å². The zero-order valence-corrected chi connectivity index (χ0v) is 24.6. The van der Waals surface area contributed by atoms with Crippen molar-refractivity contribution in [2.24, 2.45) is 0 Å². The van der Waals surface area contributed by atoms with Crippen molar-refractivity contribution in [2.75, 3.05) is 10.8 Å². The van der Waals surface area contributed by atoms with Crippen LogP contribution in [0.25, 0.3) is 0 Å². The van der Waals surface area contributed by atoms with Crippen molar-refractivity contribution in [2.45, 2.75) is 64.6 Å². The number of rotatable bonds is 11. The van der Waals surface area contributed by atoms with Gasteiger partial charge in [0.2, 0.25) is 11.8 Å². The number of halogens is 1. The Hall–Kier alpha value is -3.36. The number of sulfonamides is 1. The highest BCUT2D eigenvalue weighted by Crippen LogP contribution is 2.28. The van der Waals surface area contributed by atoms with Crippen LogP contribution in [0.2, 0.25) is 5.02 Å². The van der Waals surface area contributed by atoms with E-state index in [2.05, 4.69) is 5.32 Å². The summed E-state index contributed by atoms with van der Waals surface area (Å²) in [5.41, 5.74) is 2.77. The van der Waals surface area contributed by atoms with Gasteiger partial charge in [-0.25, -0.2) is 8.42 Å². The van der Waals surface area contributed by atoms with Gasteiger partial charge >= 0.3 is 0 Å². The summed E-state index contributed by atoms with van der Waals surface area (Å²) < 4.78 is 28.8. The van der Waals surface area contributed by atoms with Crippen molar-refractivity contribution in [1.29, 1.82) is 0 Å². The van der Waals surface area contributed by atoms with Gasteiger partial charge in [0.1, 0.15) is 12.6 Å². The Morgan fingerprint density at radius 3 is 2.18 bits per heavy atom. The van der Waals surface area contributed by atoms with E-state index < -0.39 is 28.5 Å². The number of carbonyl (C=O) groups is 2. The molecular formula is C30H36ClN3O4S. The summed E-state index contributed by atoms with van der Waals surface area (Å²) in [5, 5.41) is 3.31. The Morgan fingerprint density at radius 1 is 0.949 bits per heavy atom. The normalized spacial score (nSPS) is 12.9. The van der Waals surface area contributed by atoms with Gasteiger partial charge in [-0.1, -0.05) is 72.6 Å². The van der Waals surface area contributed by atoms with Crippen LogP contribution in [-0.2, 0) is 26.2 Å². The smallest absolute Gasteiger partial charge is 0.264 e. The van der Waals surface area contributed by atoms with Crippen LogP contribution in [-0.4, -0.2) is 43.8 Å². The molecule has 3 aromatic rings. The fourth-order valence-corrected chi connectivity index (χ4v) is 5.51. The van der Waals surface area contributed by atoms with E-state index >= 15 is 0 Å². The molecule has 2 atom stereocenters. The molecule has 0 saturated heterocycles. The summed E-state index contributed by atoms with van der Waals surface area (Å²) in [7, 11) is -4.14. The zero-order chi connectivity index (χ0) is 28.7. The van der Waals surface area contributed by atoms with Crippen LogP contribution in [0.4, 0.5) is 5.69 Å². The van der Waals surface area contributed by atoms with Crippen molar-refractivity contribution in [1.82, 2.24) is 10.2 Å². The summed E-state index contributed by atoms with van der Waals surface area (Å²) in [6.45, 7) is 8.82. The van der Waals surface area contributed by atoms with E-state index in [0.29, 0.717) is 5.02 Å². The van der Waals surface area contributed by atoms with Crippen molar-refractivity contribution in [3.05, 3.63) is 94.5 Å². The Kier molecular flexibility index (Phi) is 10.2. The Labute approximate surface area is 236 Å². The summed E-state index contributed by atoms with van der Waals surface area (Å²) in [5.74, 6) is -0.821. The lowest BCUT2D eigenvalue weighted by Gasteiger charge is -2.32. The van der Waals surface area contributed by atoms with Crippen molar-refractivity contribution in [3.63, 3.8) is 0 Å². The molecule has 3 aromatic carbocycles. The minimum absolute atomic E-state index is 0.0507. The number of carbonyl (C=O) groups excluding carboxylic acids is 2. The van der Waals surface area contributed by atoms with Gasteiger partial charge in [-0.3, -0.25) is 13.9 Å². The minimum atomic E-state index is -4.14. The second-order valence-electron chi connectivity index (χ2n) is 9.76. The first-order chi connectivity index (χ1) is 18.4. The largest absolute Gasteiger partial charge is 0.352 e. The van der Waals surface area contributed by atoms with Crippen LogP contribution in [0.15, 0.2) is 77.7 Å². The number of nitrogens with zero attached hydrogens (tertiary/aromatic N) is 2. The van der Waals surface area contributed by atoms with Crippen molar-refractivity contribution >= 4 is 39.1 Å². The quantitative estimate of drug-likeness (QED) is 0.331. The maximum atomic E-state index is 13.9. The van der Waals surface area contributed by atoms with Gasteiger partial charge < -0.3 is 10.2 Å². The van der Waals surface area contributed by atoms with Gasteiger partial charge in [-0.05, 0) is 69.5 Å². The topological polar surface area (TPSA) is 86.8 Å². The van der Waals surface area contributed by atoms with Gasteiger partial charge in [0, 0.05) is 17.6 Å². The molecule has 0 aliphatic heterocycles. The molecule has 0 aliphatic rings. The molecule has 0 heterocycles. The number of nitrogens with one attached hydrogen (secondary N) is 1. The molecule has 7 nitrogen and oxygen atoms in total. The predicted octanol–water partition coefficient (Wildman–Crippen LogP) is 5.48. The molecule has 9 heteroatoms. The molecule has 0 spiro atoms. The molecule has 0 aromatic heterocycles. The van der Waals surface area contributed by atoms with E-state index in [4.69, 9.17) is 11.6 Å². The van der Waals surface area contributed by atoms with Crippen LogP contribution < -0.4 is 9.62 Å². The maximum Gasteiger partial charge on any atom is 0.264 e. The lowest BCUT2D eigenvalue weighted by molar-refractivity contribution is -0.139. The van der Waals surface area contributed by atoms with Crippen molar-refractivity contribution < 1.29 is 18.0 Å². The fourth-order valence-electron chi connectivity index (χ4n) is 3.93. The minimum Gasteiger partial charge on any atom is -0.352 e. The molecule has 0 fully saturated rings. The Bertz CT molecular complexity index is 1400. The summed E-state index contributed by atoms with van der Waals surface area (Å²) in [6, 6.07) is 19.7. The molecule has 0 radical (unpaired) electrons. The third kappa shape index (κ3) is 7.61. The average Bonchev–Trinajstić information content (AvgIpc) is 2.92.